The second-order valence-corrected chi connectivity index (χ2v) is 4.70. The fraction of sp³-hybridized carbons (Fsp3) is 0.118. The van der Waals surface area contributed by atoms with Crippen LogP contribution in [0, 0.1) is 11.3 Å². The molecule has 6 heteroatoms. The second-order valence-electron chi connectivity index (χ2n) is 4.70. The molecular formula is C17H15N3O3. The van der Waals surface area contributed by atoms with Gasteiger partial charge in [0.15, 0.2) is 0 Å². The molecule has 2 amide bonds. The number of carbonyl (C=O) groups excluding carboxylic acids is 2. The molecule has 0 fully saturated rings. The van der Waals surface area contributed by atoms with E-state index in [4.69, 9.17) is 10.00 Å². The highest BCUT2D eigenvalue weighted by Crippen LogP contribution is 2.15. The van der Waals surface area contributed by atoms with Crippen molar-refractivity contribution >= 4 is 23.2 Å². The van der Waals surface area contributed by atoms with Gasteiger partial charge < -0.3 is 15.4 Å². The largest absolute Gasteiger partial charge is 0.375 e. The highest BCUT2D eigenvalue weighted by atomic mass is 16.5. The summed E-state index contributed by atoms with van der Waals surface area (Å²) in [6, 6.07) is 15.1. The third kappa shape index (κ3) is 4.66. The Morgan fingerprint density at radius 2 is 1.57 bits per heavy atom. The van der Waals surface area contributed by atoms with Crippen molar-refractivity contribution in [2.24, 2.45) is 0 Å². The first-order valence-electron chi connectivity index (χ1n) is 6.83. The van der Waals surface area contributed by atoms with Crippen LogP contribution in [0.4, 0.5) is 11.4 Å². The van der Waals surface area contributed by atoms with E-state index in [2.05, 4.69) is 10.6 Å². The molecule has 0 aliphatic heterocycles. The number of carbonyl (C=O) groups is 2. The van der Waals surface area contributed by atoms with Crippen molar-refractivity contribution in [2.45, 2.75) is 0 Å². The first kappa shape index (κ1) is 16.2. The number of nitrogens with one attached hydrogen (secondary N) is 2. The van der Waals surface area contributed by atoms with Crippen LogP contribution < -0.4 is 10.6 Å². The normalized spacial score (nSPS) is 9.74. The van der Waals surface area contributed by atoms with Gasteiger partial charge in [-0.1, -0.05) is 0 Å². The summed E-state index contributed by atoms with van der Waals surface area (Å²) in [4.78, 5) is 23.5. The van der Waals surface area contributed by atoms with E-state index in [1.165, 1.54) is 7.11 Å². The van der Waals surface area contributed by atoms with Crippen LogP contribution in [0.2, 0.25) is 0 Å². The zero-order chi connectivity index (χ0) is 16.7. The van der Waals surface area contributed by atoms with Crippen LogP contribution in [0.5, 0.6) is 0 Å². The maximum absolute atomic E-state index is 12.1. The van der Waals surface area contributed by atoms with Gasteiger partial charge in [-0.2, -0.15) is 5.26 Å². The molecule has 0 saturated carbocycles. The molecule has 2 N–H and O–H groups in total. The summed E-state index contributed by atoms with van der Waals surface area (Å²) >= 11 is 0. The van der Waals surface area contributed by atoms with E-state index in [9.17, 15) is 9.59 Å². The maximum Gasteiger partial charge on any atom is 0.255 e. The van der Waals surface area contributed by atoms with Crippen LogP contribution >= 0.6 is 0 Å². The molecular weight excluding hydrogens is 294 g/mol. The average Bonchev–Trinajstić information content (AvgIpc) is 2.57. The minimum absolute atomic E-state index is 0.0167. The van der Waals surface area contributed by atoms with Crippen molar-refractivity contribution in [2.75, 3.05) is 24.4 Å². The van der Waals surface area contributed by atoms with Gasteiger partial charge in [0.1, 0.15) is 6.61 Å². The molecule has 2 rings (SSSR count). The molecule has 0 saturated heterocycles. The van der Waals surface area contributed by atoms with E-state index in [1.807, 2.05) is 6.07 Å². The molecule has 0 atom stereocenters. The monoisotopic (exact) mass is 309 g/mol. The van der Waals surface area contributed by atoms with E-state index in [1.54, 1.807) is 48.5 Å². The number of methoxy groups -OCH3 is 1. The Balaban J connectivity index is 1.98. The number of nitrogens with zero attached hydrogens (tertiary/aromatic N) is 1. The van der Waals surface area contributed by atoms with Crippen LogP contribution in [0.15, 0.2) is 48.5 Å². The van der Waals surface area contributed by atoms with Crippen LogP contribution in [-0.4, -0.2) is 25.5 Å². The van der Waals surface area contributed by atoms with Crippen LogP contribution in [0.25, 0.3) is 0 Å². The third-order valence-corrected chi connectivity index (χ3v) is 2.98. The first-order chi connectivity index (χ1) is 11.1. The average molecular weight is 309 g/mol. The number of amides is 2. The number of hydrogen-bond acceptors (Lipinski definition) is 4. The molecule has 0 aromatic heterocycles. The topological polar surface area (TPSA) is 91.2 Å². The predicted octanol–water partition coefficient (Wildman–Crippen LogP) is 2.40. The van der Waals surface area contributed by atoms with E-state index in [0.29, 0.717) is 22.5 Å². The van der Waals surface area contributed by atoms with Gasteiger partial charge in [-0.3, -0.25) is 9.59 Å². The fourth-order valence-electron chi connectivity index (χ4n) is 1.86. The summed E-state index contributed by atoms with van der Waals surface area (Å²) in [5.41, 5.74) is 2.17. The summed E-state index contributed by atoms with van der Waals surface area (Å²) in [5.74, 6) is -0.521. The Morgan fingerprint density at radius 1 is 1.00 bits per heavy atom. The van der Waals surface area contributed by atoms with Crippen LogP contribution in [0.3, 0.4) is 0 Å². The number of anilines is 2. The Labute approximate surface area is 133 Å². The zero-order valence-electron chi connectivity index (χ0n) is 12.5. The van der Waals surface area contributed by atoms with E-state index >= 15 is 0 Å². The molecule has 2 aromatic rings. The van der Waals surface area contributed by atoms with E-state index in [-0.39, 0.29) is 18.4 Å². The van der Waals surface area contributed by atoms with Crippen molar-refractivity contribution < 1.29 is 14.3 Å². The first-order valence-corrected chi connectivity index (χ1v) is 6.83. The van der Waals surface area contributed by atoms with Gasteiger partial charge in [0, 0.05) is 24.0 Å². The second kappa shape index (κ2) is 7.73. The molecule has 0 bridgehead atoms. The Kier molecular flexibility index (Phi) is 5.45. The molecule has 0 spiro atoms. The lowest BCUT2D eigenvalue weighted by Gasteiger charge is -2.08. The van der Waals surface area contributed by atoms with Gasteiger partial charge >= 0.3 is 0 Å². The van der Waals surface area contributed by atoms with Crippen molar-refractivity contribution in [1.82, 2.24) is 0 Å². The molecule has 23 heavy (non-hydrogen) atoms. The van der Waals surface area contributed by atoms with Crippen molar-refractivity contribution in [3.63, 3.8) is 0 Å². The molecule has 0 radical (unpaired) electrons. The lowest BCUT2D eigenvalue weighted by atomic mass is 10.1. The standard InChI is InChI=1S/C17H15N3O3/c1-23-11-16(21)19-14-6-8-15(9-7-14)20-17(22)13-4-2-12(10-18)3-5-13/h2-9H,11H2,1H3,(H,19,21)(H,20,22). The molecule has 0 heterocycles. The van der Waals surface area contributed by atoms with E-state index in [0.717, 1.165) is 0 Å². The van der Waals surface area contributed by atoms with Gasteiger partial charge in [0.2, 0.25) is 5.91 Å². The summed E-state index contributed by atoms with van der Waals surface area (Å²) in [6.07, 6.45) is 0. The lowest BCUT2D eigenvalue weighted by molar-refractivity contribution is -0.119. The van der Waals surface area contributed by atoms with Gasteiger partial charge in [-0.05, 0) is 48.5 Å². The zero-order valence-corrected chi connectivity index (χ0v) is 12.5. The van der Waals surface area contributed by atoms with Crippen molar-refractivity contribution in [1.29, 1.82) is 5.26 Å². The molecule has 2 aromatic carbocycles. The van der Waals surface area contributed by atoms with Crippen molar-refractivity contribution in [3.8, 4) is 6.07 Å². The number of hydrogen-bond donors (Lipinski definition) is 2. The molecule has 0 unspecified atom stereocenters. The smallest absolute Gasteiger partial charge is 0.255 e. The third-order valence-electron chi connectivity index (χ3n) is 2.98. The lowest BCUT2D eigenvalue weighted by Crippen LogP contribution is -2.17. The summed E-state index contributed by atoms with van der Waals surface area (Å²) in [6.45, 7) is -0.0167. The number of benzene rings is 2. The quantitative estimate of drug-likeness (QED) is 0.887. The Hall–Kier alpha value is -3.17. The highest BCUT2D eigenvalue weighted by Gasteiger charge is 2.06. The van der Waals surface area contributed by atoms with Gasteiger partial charge in [0.25, 0.3) is 5.91 Å². The minimum atomic E-state index is -0.273. The number of ether oxygens (including phenoxy) is 1. The number of nitriles is 1. The Bertz CT molecular complexity index is 731. The fourth-order valence-corrected chi connectivity index (χ4v) is 1.86. The summed E-state index contributed by atoms with van der Waals surface area (Å²) in [7, 11) is 1.45. The predicted molar refractivity (Wildman–Crippen MR) is 86.1 cm³/mol. The van der Waals surface area contributed by atoms with E-state index < -0.39 is 0 Å². The molecule has 0 aliphatic rings. The molecule has 6 nitrogen and oxygen atoms in total. The summed E-state index contributed by atoms with van der Waals surface area (Å²) in [5, 5.41) is 14.1. The molecule has 0 aliphatic carbocycles. The summed E-state index contributed by atoms with van der Waals surface area (Å²) < 4.78 is 4.73. The van der Waals surface area contributed by atoms with Gasteiger partial charge in [-0.15, -0.1) is 0 Å². The minimum Gasteiger partial charge on any atom is -0.375 e. The van der Waals surface area contributed by atoms with Gasteiger partial charge in [-0.25, -0.2) is 0 Å². The Morgan fingerprint density at radius 3 is 2.09 bits per heavy atom. The number of rotatable bonds is 5. The SMILES string of the molecule is COCC(=O)Nc1ccc(NC(=O)c2ccc(C#N)cc2)cc1. The highest BCUT2D eigenvalue weighted by molar-refractivity contribution is 6.04. The van der Waals surface area contributed by atoms with Crippen LogP contribution in [-0.2, 0) is 9.53 Å². The van der Waals surface area contributed by atoms with Gasteiger partial charge in [0.05, 0.1) is 11.6 Å². The molecule has 116 valence electrons. The maximum atomic E-state index is 12.1. The van der Waals surface area contributed by atoms with Crippen LogP contribution in [0.1, 0.15) is 15.9 Å². The van der Waals surface area contributed by atoms with Crippen molar-refractivity contribution in [3.05, 3.63) is 59.7 Å².